The second-order valence-electron chi connectivity index (χ2n) is 4.44. The monoisotopic (exact) mass is 257 g/mol. The average Bonchev–Trinajstić information content (AvgIpc) is 2.39. The van der Waals surface area contributed by atoms with Crippen molar-refractivity contribution in [2.45, 2.75) is 26.7 Å². The van der Waals surface area contributed by atoms with Gasteiger partial charge in [-0.05, 0) is 31.0 Å². The smallest absolute Gasteiger partial charge is 0.145 e. The number of anilines is 3. The topological polar surface area (TPSA) is 75.9 Å². The Morgan fingerprint density at radius 3 is 2.63 bits per heavy atom. The average molecular weight is 257 g/mol. The summed E-state index contributed by atoms with van der Waals surface area (Å²) in [6.45, 7) is 4.15. The number of hydrazine groups is 1. The largest absolute Gasteiger partial charge is 0.340 e. The number of rotatable bonds is 5. The van der Waals surface area contributed by atoms with Crippen molar-refractivity contribution in [2.24, 2.45) is 5.84 Å². The molecule has 5 heteroatoms. The van der Waals surface area contributed by atoms with Gasteiger partial charge in [0.1, 0.15) is 17.5 Å². The van der Waals surface area contributed by atoms with Gasteiger partial charge < -0.3 is 10.7 Å². The number of nitrogens with zero attached hydrogens (tertiary/aromatic N) is 2. The van der Waals surface area contributed by atoms with Gasteiger partial charge in [-0.3, -0.25) is 0 Å². The summed E-state index contributed by atoms with van der Waals surface area (Å²) < 4.78 is 0. The van der Waals surface area contributed by atoms with Crippen molar-refractivity contribution in [2.75, 3.05) is 10.7 Å². The highest BCUT2D eigenvalue weighted by Gasteiger charge is 2.04. The van der Waals surface area contributed by atoms with E-state index in [2.05, 4.69) is 46.7 Å². The minimum Gasteiger partial charge on any atom is -0.340 e. The Morgan fingerprint density at radius 1 is 1.16 bits per heavy atom. The lowest BCUT2D eigenvalue weighted by atomic mass is 10.2. The quantitative estimate of drug-likeness (QED) is 0.567. The van der Waals surface area contributed by atoms with Gasteiger partial charge >= 0.3 is 0 Å². The predicted octanol–water partition coefficient (Wildman–Crippen LogP) is 2.77. The lowest BCUT2D eigenvalue weighted by Gasteiger charge is -2.10. The van der Waals surface area contributed by atoms with Crippen molar-refractivity contribution >= 4 is 17.3 Å². The fraction of sp³-hybridized carbons (Fsp3) is 0.286. The van der Waals surface area contributed by atoms with Crippen LogP contribution in [0, 0.1) is 6.92 Å². The number of hydrogen-bond acceptors (Lipinski definition) is 5. The second kappa shape index (κ2) is 6.15. The summed E-state index contributed by atoms with van der Waals surface area (Å²) in [5, 5.41) is 3.27. The van der Waals surface area contributed by atoms with Crippen molar-refractivity contribution in [3.05, 3.63) is 41.7 Å². The predicted molar refractivity (Wildman–Crippen MR) is 78.3 cm³/mol. The lowest BCUT2D eigenvalue weighted by Crippen LogP contribution is -2.11. The highest BCUT2D eigenvalue weighted by Crippen LogP contribution is 2.18. The minimum atomic E-state index is 0.619. The Balaban J connectivity index is 2.26. The summed E-state index contributed by atoms with van der Waals surface area (Å²) in [4.78, 5) is 8.79. The molecule has 0 bridgehead atoms. The number of aryl methyl sites for hydroxylation is 2. The van der Waals surface area contributed by atoms with Gasteiger partial charge in [0.25, 0.3) is 0 Å². The van der Waals surface area contributed by atoms with Gasteiger partial charge in [0.05, 0.1) is 0 Å². The van der Waals surface area contributed by atoms with Crippen LogP contribution in [0.4, 0.5) is 17.3 Å². The van der Waals surface area contributed by atoms with E-state index in [1.165, 1.54) is 5.56 Å². The molecule has 19 heavy (non-hydrogen) atoms. The van der Waals surface area contributed by atoms with E-state index in [4.69, 9.17) is 5.84 Å². The molecule has 2 aromatic rings. The van der Waals surface area contributed by atoms with Gasteiger partial charge in [0, 0.05) is 18.2 Å². The molecule has 5 nitrogen and oxygen atoms in total. The van der Waals surface area contributed by atoms with Gasteiger partial charge in [-0.2, -0.15) is 0 Å². The van der Waals surface area contributed by atoms with Crippen LogP contribution in [0.5, 0.6) is 0 Å². The van der Waals surface area contributed by atoms with Crippen LogP contribution < -0.4 is 16.6 Å². The molecule has 0 unspecified atom stereocenters. The van der Waals surface area contributed by atoms with Crippen molar-refractivity contribution in [1.29, 1.82) is 0 Å². The zero-order valence-electron chi connectivity index (χ0n) is 11.3. The zero-order valence-corrected chi connectivity index (χ0v) is 11.3. The van der Waals surface area contributed by atoms with Crippen molar-refractivity contribution in [3.8, 4) is 0 Å². The zero-order chi connectivity index (χ0) is 13.7. The molecule has 0 spiro atoms. The molecule has 2 rings (SSSR count). The molecule has 0 atom stereocenters. The lowest BCUT2D eigenvalue weighted by molar-refractivity contribution is 0.837. The first-order chi connectivity index (χ1) is 9.21. The second-order valence-corrected chi connectivity index (χ2v) is 4.44. The van der Waals surface area contributed by atoms with Crippen LogP contribution in [0.15, 0.2) is 30.3 Å². The summed E-state index contributed by atoms with van der Waals surface area (Å²) >= 11 is 0. The van der Waals surface area contributed by atoms with Crippen LogP contribution in [-0.2, 0) is 6.42 Å². The van der Waals surface area contributed by atoms with E-state index in [1.807, 2.05) is 12.1 Å². The Morgan fingerprint density at radius 2 is 1.95 bits per heavy atom. The first-order valence-electron chi connectivity index (χ1n) is 6.39. The molecular weight excluding hydrogens is 238 g/mol. The molecule has 0 radical (unpaired) electrons. The number of hydrogen-bond donors (Lipinski definition) is 3. The molecule has 1 aromatic carbocycles. The Kier molecular flexibility index (Phi) is 4.30. The number of benzene rings is 1. The Labute approximate surface area is 113 Å². The highest BCUT2D eigenvalue weighted by atomic mass is 15.3. The molecule has 0 aliphatic carbocycles. The molecule has 0 aliphatic rings. The van der Waals surface area contributed by atoms with E-state index >= 15 is 0 Å². The summed E-state index contributed by atoms with van der Waals surface area (Å²) in [5.74, 6) is 7.58. The minimum absolute atomic E-state index is 0.619. The third-order valence-electron chi connectivity index (χ3n) is 2.68. The van der Waals surface area contributed by atoms with Crippen LogP contribution in [-0.4, -0.2) is 9.97 Å². The number of nitrogens with two attached hydrogens (primary N) is 1. The van der Waals surface area contributed by atoms with Crippen molar-refractivity contribution < 1.29 is 0 Å². The fourth-order valence-electron chi connectivity index (χ4n) is 1.84. The molecule has 1 heterocycles. The Bertz CT molecular complexity index is 553. The van der Waals surface area contributed by atoms with E-state index < -0.39 is 0 Å². The first-order valence-corrected chi connectivity index (χ1v) is 6.39. The van der Waals surface area contributed by atoms with Crippen LogP contribution in [0.1, 0.15) is 24.7 Å². The van der Waals surface area contributed by atoms with E-state index in [-0.39, 0.29) is 0 Å². The molecule has 0 aliphatic heterocycles. The van der Waals surface area contributed by atoms with E-state index in [0.29, 0.717) is 5.82 Å². The van der Waals surface area contributed by atoms with Gasteiger partial charge in [0.2, 0.25) is 0 Å². The molecule has 1 aromatic heterocycles. The van der Waals surface area contributed by atoms with Crippen molar-refractivity contribution in [3.63, 3.8) is 0 Å². The van der Waals surface area contributed by atoms with Gasteiger partial charge in [-0.1, -0.05) is 19.1 Å². The molecular formula is C14H19N5. The van der Waals surface area contributed by atoms with E-state index in [9.17, 15) is 0 Å². The number of nitrogens with one attached hydrogen (secondary N) is 2. The van der Waals surface area contributed by atoms with Crippen LogP contribution in [0.25, 0.3) is 0 Å². The maximum absolute atomic E-state index is 5.43. The third kappa shape index (κ3) is 3.66. The summed E-state index contributed by atoms with van der Waals surface area (Å²) in [6.07, 6.45) is 1.83. The van der Waals surface area contributed by atoms with E-state index in [1.54, 1.807) is 6.07 Å². The van der Waals surface area contributed by atoms with Crippen LogP contribution in [0.3, 0.4) is 0 Å². The summed E-state index contributed by atoms with van der Waals surface area (Å²) in [5.41, 5.74) is 4.78. The Hall–Kier alpha value is -2.14. The van der Waals surface area contributed by atoms with Gasteiger partial charge in [-0.15, -0.1) is 0 Å². The highest BCUT2D eigenvalue weighted by molar-refractivity contribution is 5.59. The molecule has 0 saturated carbocycles. The van der Waals surface area contributed by atoms with Gasteiger partial charge in [-0.25, -0.2) is 15.8 Å². The molecule has 0 fully saturated rings. The first kappa shape index (κ1) is 13.3. The standard InChI is InChI=1S/C14H19N5/c1-3-5-12-17-13(9-14(18-12)19-15)16-11-7-4-6-10(2)8-11/h4,6-9H,3,5,15H2,1-2H3,(H2,16,17,18,19). The SMILES string of the molecule is CCCc1nc(NN)cc(Nc2cccc(C)c2)n1. The summed E-state index contributed by atoms with van der Waals surface area (Å²) in [7, 11) is 0. The molecule has 0 amide bonds. The van der Waals surface area contributed by atoms with Crippen LogP contribution in [0.2, 0.25) is 0 Å². The summed E-state index contributed by atoms with van der Waals surface area (Å²) in [6, 6.07) is 9.93. The number of nitrogen functional groups attached to an aromatic ring is 1. The third-order valence-corrected chi connectivity index (χ3v) is 2.68. The molecule has 0 saturated heterocycles. The maximum Gasteiger partial charge on any atom is 0.145 e. The van der Waals surface area contributed by atoms with Gasteiger partial charge in [0.15, 0.2) is 0 Å². The normalized spacial score (nSPS) is 10.3. The maximum atomic E-state index is 5.43. The number of aromatic nitrogens is 2. The fourth-order valence-corrected chi connectivity index (χ4v) is 1.84. The molecule has 4 N–H and O–H groups in total. The van der Waals surface area contributed by atoms with Crippen LogP contribution >= 0.6 is 0 Å². The van der Waals surface area contributed by atoms with E-state index in [0.717, 1.165) is 30.2 Å². The van der Waals surface area contributed by atoms with Crippen molar-refractivity contribution in [1.82, 2.24) is 9.97 Å². The molecule has 100 valence electrons.